The molecule has 2 aliphatic heterocycles. The average Bonchev–Trinajstić information content (AvgIpc) is 2.56. The zero-order valence-corrected chi connectivity index (χ0v) is 17.1. The zero-order chi connectivity index (χ0) is 18.4. The molecule has 2 rings (SSSR count). The van der Waals surface area contributed by atoms with Gasteiger partial charge in [0.15, 0.2) is 0 Å². The Hall–Kier alpha value is -0.0100. The van der Waals surface area contributed by atoms with E-state index in [1.807, 2.05) is 13.2 Å². The first-order chi connectivity index (χ1) is 11.9. The molecule has 7 atom stereocenters. The minimum atomic E-state index is -0.454. The highest BCUT2D eigenvalue weighted by molar-refractivity contribution is 7.99. The van der Waals surface area contributed by atoms with E-state index < -0.39 is 6.10 Å². The third-order valence-electron chi connectivity index (χ3n) is 5.39. The molecule has 0 radical (unpaired) electrons. The molecule has 0 aromatic rings. The van der Waals surface area contributed by atoms with Crippen LogP contribution in [0.3, 0.4) is 0 Å². The van der Waals surface area contributed by atoms with Gasteiger partial charge in [0, 0.05) is 6.54 Å². The van der Waals surface area contributed by atoms with Crippen molar-refractivity contribution in [1.82, 2.24) is 10.6 Å². The number of amides is 1. The van der Waals surface area contributed by atoms with E-state index in [1.165, 1.54) is 18.2 Å². The second-order valence-electron chi connectivity index (χ2n) is 7.51. The number of halogens is 1. The molecule has 2 saturated heterocycles. The van der Waals surface area contributed by atoms with Crippen molar-refractivity contribution in [3.8, 4) is 0 Å². The molecule has 0 bridgehead atoms. The molecule has 0 aliphatic carbocycles. The van der Waals surface area contributed by atoms with E-state index in [4.69, 9.17) is 16.3 Å². The van der Waals surface area contributed by atoms with Crippen LogP contribution in [-0.4, -0.2) is 59.4 Å². The van der Waals surface area contributed by atoms with Crippen LogP contribution in [0.25, 0.3) is 0 Å². The van der Waals surface area contributed by atoms with Gasteiger partial charge in [0.05, 0.1) is 29.5 Å². The summed E-state index contributed by atoms with van der Waals surface area (Å²) in [5.74, 6) is 0.692. The summed E-state index contributed by atoms with van der Waals surface area (Å²) in [4.78, 5) is 12.8. The van der Waals surface area contributed by atoms with Crippen LogP contribution >= 0.6 is 23.4 Å². The number of ether oxygens (including phenoxy) is 1. The van der Waals surface area contributed by atoms with E-state index in [0.717, 1.165) is 25.9 Å². The number of nitrogens with one attached hydrogen (secondary N) is 2. The minimum Gasteiger partial charge on any atom is -0.390 e. The van der Waals surface area contributed by atoms with Gasteiger partial charge in [-0.25, -0.2) is 0 Å². The number of hydrogen-bond acceptors (Lipinski definition) is 5. The number of aliphatic hydroxyl groups is 1. The number of alkyl halides is 1. The summed E-state index contributed by atoms with van der Waals surface area (Å²) >= 11 is 7.89. The van der Waals surface area contributed by atoms with E-state index in [9.17, 15) is 9.90 Å². The Morgan fingerprint density at radius 2 is 2.08 bits per heavy atom. The Kier molecular flexibility index (Phi) is 8.82. The molecule has 5 nitrogen and oxygen atoms in total. The molecule has 2 aliphatic rings. The number of aliphatic hydroxyl groups excluding tert-OH is 1. The Morgan fingerprint density at radius 3 is 2.76 bits per heavy atom. The second kappa shape index (κ2) is 10.4. The first kappa shape index (κ1) is 21.3. The summed E-state index contributed by atoms with van der Waals surface area (Å²) in [7, 11) is 0. The molecule has 3 N–H and O–H groups in total. The van der Waals surface area contributed by atoms with E-state index in [-0.39, 0.29) is 34.8 Å². The lowest BCUT2D eigenvalue weighted by molar-refractivity contribution is -0.129. The maximum absolute atomic E-state index is 12.8. The number of rotatable bonds is 5. The molecule has 0 spiro atoms. The molecule has 2 heterocycles. The highest BCUT2D eigenvalue weighted by Gasteiger charge is 2.37. The highest BCUT2D eigenvalue weighted by Crippen LogP contribution is 2.29. The van der Waals surface area contributed by atoms with Crippen LogP contribution in [0, 0.1) is 11.8 Å². The first-order valence-corrected chi connectivity index (χ1v) is 11.2. The van der Waals surface area contributed by atoms with Crippen molar-refractivity contribution in [2.24, 2.45) is 11.8 Å². The molecule has 146 valence electrons. The zero-order valence-electron chi connectivity index (χ0n) is 15.5. The Bertz CT molecular complexity index is 427. The van der Waals surface area contributed by atoms with Crippen LogP contribution in [0.1, 0.15) is 46.0 Å². The van der Waals surface area contributed by atoms with E-state index >= 15 is 0 Å². The maximum Gasteiger partial charge on any atom is 0.224 e. The van der Waals surface area contributed by atoms with Gasteiger partial charge in [-0.05, 0) is 57.7 Å². The largest absolute Gasteiger partial charge is 0.390 e. The molecule has 25 heavy (non-hydrogen) atoms. The lowest BCUT2D eigenvalue weighted by atomic mass is 9.91. The summed E-state index contributed by atoms with van der Waals surface area (Å²) in [6.45, 7) is 5.84. The fraction of sp³-hybridized carbons (Fsp3) is 0.944. The lowest BCUT2D eigenvalue weighted by Gasteiger charge is -2.38. The summed E-state index contributed by atoms with van der Waals surface area (Å²) in [5, 5.41) is 16.3. The minimum absolute atomic E-state index is 0.0220. The molecule has 7 heteroatoms. The van der Waals surface area contributed by atoms with Crippen LogP contribution in [0.15, 0.2) is 0 Å². The molecular weight excluding hydrogens is 360 g/mol. The topological polar surface area (TPSA) is 70.6 Å². The van der Waals surface area contributed by atoms with Gasteiger partial charge < -0.3 is 20.5 Å². The highest BCUT2D eigenvalue weighted by atomic mass is 35.5. The van der Waals surface area contributed by atoms with Crippen molar-refractivity contribution in [2.45, 2.75) is 75.0 Å². The third-order valence-corrected chi connectivity index (χ3v) is 6.55. The lowest BCUT2D eigenvalue weighted by Crippen LogP contribution is -2.55. The number of hydrogen-bond donors (Lipinski definition) is 3. The molecule has 1 amide bonds. The predicted molar refractivity (Wildman–Crippen MR) is 104 cm³/mol. The molecular formula is C18H33ClN2O3S. The van der Waals surface area contributed by atoms with Crippen LogP contribution < -0.4 is 10.6 Å². The van der Waals surface area contributed by atoms with Gasteiger partial charge in [-0.3, -0.25) is 4.79 Å². The Balaban J connectivity index is 1.96. The quantitative estimate of drug-likeness (QED) is 0.626. The second-order valence-corrected chi connectivity index (χ2v) is 9.13. The van der Waals surface area contributed by atoms with Crippen molar-refractivity contribution in [1.29, 1.82) is 0 Å². The van der Waals surface area contributed by atoms with E-state index in [1.54, 1.807) is 0 Å². The SMILES string of the molecule is CSC1OC(C(NC(=O)C2CCC(C)CCNC2)C(C)Cl)CCC1O. The van der Waals surface area contributed by atoms with Crippen LogP contribution in [0.4, 0.5) is 0 Å². The van der Waals surface area contributed by atoms with Gasteiger partial charge >= 0.3 is 0 Å². The van der Waals surface area contributed by atoms with Gasteiger partial charge in [0.25, 0.3) is 0 Å². The van der Waals surface area contributed by atoms with Crippen molar-refractivity contribution in [3.05, 3.63) is 0 Å². The summed E-state index contributed by atoms with van der Waals surface area (Å²) in [6.07, 6.45) is 5.86. The van der Waals surface area contributed by atoms with Gasteiger partial charge in [0.2, 0.25) is 5.91 Å². The molecule has 0 aromatic carbocycles. The normalized spacial score (nSPS) is 36.8. The van der Waals surface area contributed by atoms with E-state index in [2.05, 4.69) is 17.6 Å². The van der Waals surface area contributed by atoms with Gasteiger partial charge in [-0.1, -0.05) is 6.92 Å². The predicted octanol–water partition coefficient (Wildman–Crippen LogP) is 2.35. The first-order valence-electron chi connectivity index (χ1n) is 9.43. The maximum atomic E-state index is 12.8. The van der Waals surface area contributed by atoms with E-state index in [0.29, 0.717) is 18.8 Å². The fourth-order valence-electron chi connectivity index (χ4n) is 3.65. The van der Waals surface area contributed by atoms with Crippen molar-refractivity contribution in [2.75, 3.05) is 19.3 Å². The van der Waals surface area contributed by atoms with Crippen LogP contribution in [-0.2, 0) is 9.53 Å². The average molecular weight is 393 g/mol. The van der Waals surface area contributed by atoms with Crippen LogP contribution in [0.2, 0.25) is 0 Å². The van der Waals surface area contributed by atoms with Gasteiger partial charge in [-0.2, -0.15) is 0 Å². The molecule has 0 aromatic heterocycles. The van der Waals surface area contributed by atoms with Gasteiger partial charge in [-0.15, -0.1) is 23.4 Å². The monoisotopic (exact) mass is 392 g/mol. The number of carbonyl (C=O) groups excluding carboxylic acids is 1. The Morgan fingerprint density at radius 1 is 1.32 bits per heavy atom. The fourth-order valence-corrected chi connectivity index (χ4v) is 4.57. The van der Waals surface area contributed by atoms with Crippen LogP contribution in [0.5, 0.6) is 0 Å². The van der Waals surface area contributed by atoms with Crippen molar-refractivity contribution < 1.29 is 14.6 Å². The Labute approximate surface area is 161 Å². The summed E-state index contributed by atoms with van der Waals surface area (Å²) < 4.78 is 6.02. The summed E-state index contributed by atoms with van der Waals surface area (Å²) in [6, 6.07) is -0.237. The smallest absolute Gasteiger partial charge is 0.224 e. The third kappa shape index (κ3) is 6.28. The standard InChI is InChI=1S/C18H33ClN2O3S/c1-11-4-5-13(10-20-9-8-11)17(23)21-16(12(2)19)15-7-6-14(22)18(24-15)25-3/h11-16,18,20,22H,4-10H2,1-3H3,(H,21,23). The number of thioether (sulfide) groups is 1. The van der Waals surface area contributed by atoms with Crippen molar-refractivity contribution >= 4 is 29.3 Å². The number of carbonyl (C=O) groups is 1. The molecule has 7 unspecified atom stereocenters. The summed E-state index contributed by atoms with van der Waals surface area (Å²) in [5.41, 5.74) is -0.252. The molecule has 2 fully saturated rings. The van der Waals surface area contributed by atoms with Gasteiger partial charge in [0.1, 0.15) is 5.44 Å². The van der Waals surface area contributed by atoms with Crippen molar-refractivity contribution in [3.63, 3.8) is 0 Å². The molecule has 0 saturated carbocycles.